The molecule has 0 aromatic carbocycles. The number of hydrogen-bond acceptors (Lipinski definition) is 5. The number of aliphatic hydroxyl groups excluding tert-OH is 1. The Bertz CT molecular complexity index is 763. The lowest BCUT2D eigenvalue weighted by atomic mass is 9.85. The van der Waals surface area contributed by atoms with Gasteiger partial charge in [-0.1, -0.05) is 0 Å². The van der Waals surface area contributed by atoms with Crippen LogP contribution in [0.25, 0.3) is 0 Å². The highest BCUT2D eigenvalue weighted by molar-refractivity contribution is 5.79. The number of likely N-dealkylation sites (tertiary alicyclic amines) is 1. The number of aliphatic hydroxyl groups is 1. The van der Waals surface area contributed by atoms with Crippen molar-refractivity contribution in [2.24, 2.45) is 13.0 Å². The first-order valence-corrected chi connectivity index (χ1v) is 9.94. The summed E-state index contributed by atoms with van der Waals surface area (Å²) < 4.78 is 3.89. The lowest BCUT2D eigenvalue weighted by molar-refractivity contribution is -0.138. The minimum Gasteiger partial charge on any atom is -0.393 e. The summed E-state index contributed by atoms with van der Waals surface area (Å²) in [6, 6.07) is 1.90. The van der Waals surface area contributed by atoms with Crippen molar-refractivity contribution in [3.8, 4) is 0 Å². The van der Waals surface area contributed by atoms with E-state index in [2.05, 4.69) is 19.9 Å². The minimum atomic E-state index is -0.227. The van der Waals surface area contributed by atoms with Crippen LogP contribution in [0, 0.1) is 5.92 Å². The van der Waals surface area contributed by atoms with Crippen LogP contribution in [0.3, 0.4) is 0 Å². The lowest BCUT2D eigenvalue weighted by Gasteiger charge is -2.36. The summed E-state index contributed by atoms with van der Waals surface area (Å²) in [5.41, 5.74) is 0. The van der Waals surface area contributed by atoms with Crippen molar-refractivity contribution in [2.45, 2.75) is 57.1 Å². The Balaban J connectivity index is 1.42. The summed E-state index contributed by atoms with van der Waals surface area (Å²) in [5, 5.41) is 22.7. The van der Waals surface area contributed by atoms with Crippen molar-refractivity contribution in [3.05, 3.63) is 30.1 Å². The molecule has 0 bridgehead atoms. The minimum absolute atomic E-state index is 0.0713. The Morgan fingerprint density at radius 3 is 2.78 bits per heavy atom. The van der Waals surface area contributed by atoms with Crippen LogP contribution in [0.15, 0.2) is 18.5 Å². The van der Waals surface area contributed by atoms with E-state index in [0.717, 1.165) is 56.7 Å². The van der Waals surface area contributed by atoms with Gasteiger partial charge < -0.3 is 14.6 Å². The van der Waals surface area contributed by atoms with Crippen molar-refractivity contribution in [1.29, 1.82) is 0 Å². The third-order valence-electron chi connectivity index (χ3n) is 6.01. The van der Waals surface area contributed by atoms with Gasteiger partial charge in [0.2, 0.25) is 5.91 Å². The first-order valence-electron chi connectivity index (χ1n) is 9.94. The quantitative estimate of drug-likeness (QED) is 0.874. The first kappa shape index (κ1) is 18.2. The van der Waals surface area contributed by atoms with E-state index in [1.54, 1.807) is 6.20 Å². The predicted molar refractivity (Wildman–Crippen MR) is 98.9 cm³/mol. The molecule has 0 radical (unpaired) electrons. The number of nitrogens with zero attached hydrogens (tertiary/aromatic N) is 6. The van der Waals surface area contributed by atoms with Crippen LogP contribution < -0.4 is 0 Å². The second-order valence-corrected chi connectivity index (χ2v) is 7.87. The van der Waals surface area contributed by atoms with Crippen LogP contribution in [-0.4, -0.2) is 59.7 Å². The van der Waals surface area contributed by atoms with Gasteiger partial charge in [-0.15, -0.1) is 10.2 Å². The average Bonchev–Trinajstić information content (AvgIpc) is 3.33. The molecule has 8 nitrogen and oxygen atoms in total. The molecule has 1 aliphatic carbocycles. The second-order valence-electron chi connectivity index (χ2n) is 7.87. The van der Waals surface area contributed by atoms with Gasteiger partial charge in [0, 0.05) is 44.4 Å². The maximum absolute atomic E-state index is 12.9. The van der Waals surface area contributed by atoms with Crippen molar-refractivity contribution in [1.82, 2.24) is 29.4 Å². The van der Waals surface area contributed by atoms with Crippen LogP contribution in [0.2, 0.25) is 0 Å². The summed E-state index contributed by atoms with van der Waals surface area (Å²) in [4.78, 5) is 14.9. The fourth-order valence-corrected chi connectivity index (χ4v) is 4.38. The smallest absolute Gasteiger partial charge is 0.225 e. The number of amides is 1. The molecule has 1 unspecified atom stereocenters. The van der Waals surface area contributed by atoms with E-state index in [0.29, 0.717) is 13.1 Å². The summed E-state index contributed by atoms with van der Waals surface area (Å²) in [6.07, 6.45) is 8.56. The topological polar surface area (TPSA) is 89.1 Å². The van der Waals surface area contributed by atoms with Crippen LogP contribution >= 0.6 is 0 Å². The van der Waals surface area contributed by atoms with Gasteiger partial charge in [-0.2, -0.15) is 5.10 Å². The molecular weight excluding hydrogens is 344 g/mol. The zero-order valence-corrected chi connectivity index (χ0v) is 15.9. The van der Waals surface area contributed by atoms with E-state index in [9.17, 15) is 9.90 Å². The molecule has 1 atom stereocenters. The van der Waals surface area contributed by atoms with E-state index in [1.165, 1.54) is 0 Å². The molecule has 1 saturated heterocycles. The molecule has 1 N–H and O–H groups in total. The number of rotatable bonds is 4. The highest BCUT2D eigenvalue weighted by atomic mass is 16.3. The van der Waals surface area contributed by atoms with Crippen LogP contribution in [-0.2, 0) is 18.4 Å². The average molecular weight is 372 g/mol. The van der Waals surface area contributed by atoms with Crippen molar-refractivity contribution >= 4 is 5.91 Å². The van der Waals surface area contributed by atoms with Gasteiger partial charge in [0.05, 0.1) is 6.10 Å². The molecule has 1 aliphatic heterocycles. The third-order valence-corrected chi connectivity index (χ3v) is 6.01. The van der Waals surface area contributed by atoms with Gasteiger partial charge >= 0.3 is 0 Å². The maximum atomic E-state index is 12.9. The number of aromatic nitrogens is 5. The molecule has 146 valence electrons. The number of carbonyl (C=O) groups is 1. The molecule has 2 aromatic rings. The summed E-state index contributed by atoms with van der Waals surface area (Å²) in [6.45, 7) is 2.13. The Hall–Kier alpha value is -2.22. The fraction of sp³-hybridized carbons (Fsp3) is 0.684. The van der Waals surface area contributed by atoms with Gasteiger partial charge in [0.15, 0.2) is 5.82 Å². The summed E-state index contributed by atoms with van der Waals surface area (Å²) in [7, 11) is 2.00. The van der Waals surface area contributed by atoms with E-state index >= 15 is 0 Å². The summed E-state index contributed by atoms with van der Waals surface area (Å²) in [5.74, 6) is 2.38. The molecule has 2 aliphatic rings. The monoisotopic (exact) mass is 372 g/mol. The number of carbonyl (C=O) groups excluding carboxylic acids is 1. The molecule has 1 saturated carbocycles. The summed E-state index contributed by atoms with van der Waals surface area (Å²) >= 11 is 0. The SMILES string of the molecule is Cn1c(Cn2cccn2)nnc1C1CCCN(C(=O)C2CCC(O)CC2)C1. The van der Waals surface area contributed by atoms with E-state index in [-0.39, 0.29) is 23.8 Å². The Kier molecular flexibility index (Phi) is 5.24. The Morgan fingerprint density at radius 2 is 2.04 bits per heavy atom. The van der Waals surface area contributed by atoms with Crippen molar-refractivity contribution in [3.63, 3.8) is 0 Å². The predicted octanol–water partition coefficient (Wildman–Crippen LogP) is 1.32. The molecule has 27 heavy (non-hydrogen) atoms. The molecular formula is C19H28N6O2. The molecule has 3 heterocycles. The van der Waals surface area contributed by atoms with Gasteiger partial charge in [-0.25, -0.2) is 0 Å². The van der Waals surface area contributed by atoms with Crippen LogP contribution in [0.5, 0.6) is 0 Å². The molecule has 1 amide bonds. The van der Waals surface area contributed by atoms with E-state index < -0.39 is 0 Å². The molecule has 2 fully saturated rings. The van der Waals surface area contributed by atoms with Gasteiger partial charge in [0.1, 0.15) is 12.4 Å². The largest absolute Gasteiger partial charge is 0.393 e. The van der Waals surface area contributed by atoms with Gasteiger partial charge in [-0.05, 0) is 44.6 Å². The standard InChI is InChI=1S/C19H28N6O2/c1-23-17(13-25-11-3-9-20-25)21-22-18(23)15-4-2-10-24(12-15)19(27)14-5-7-16(26)8-6-14/h3,9,11,14-16,26H,2,4-8,10,12-13H2,1H3. The van der Waals surface area contributed by atoms with Gasteiger partial charge in [-0.3, -0.25) is 9.48 Å². The number of piperidine rings is 1. The molecule has 4 rings (SSSR count). The zero-order chi connectivity index (χ0) is 18.8. The Labute approximate surface area is 159 Å². The van der Waals surface area contributed by atoms with Crippen LogP contribution in [0.1, 0.15) is 56.1 Å². The highest BCUT2D eigenvalue weighted by Crippen LogP contribution is 2.30. The fourth-order valence-electron chi connectivity index (χ4n) is 4.38. The van der Waals surface area contributed by atoms with Gasteiger partial charge in [0.25, 0.3) is 0 Å². The number of hydrogen-bond donors (Lipinski definition) is 1. The van der Waals surface area contributed by atoms with Crippen molar-refractivity contribution in [2.75, 3.05) is 13.1 Å². The molecule has 8 heteroatoms. The second kappa shape index (κ2) is 7.80. The van der Waals surface area contributed by atoms with E-state index in [1.807, 2.05) is 28.9 Å². The molecule has 2 aromatic heterocycles. The Morgan fingerprint density at radius 1 is 1.22 bits per heavy atom. The lowest BCUT2D eigenvalue weighted by Crippen LogP contribution is -2.43. The first-order chi connectivity index (χ1) is 13.1. The van der Waals surface area contributed by atoms with Crippen LogP contribution in [0.4, 0.5) is 0 Å². The zero-order valence-electron chi connectivity index (χ0n) is 15.9. The van der Waals surface area contributed by atoms with E-state index in [4.69, 9.17) is 0 Å². The van der Waals surface area contributed by atoms with Crippen molar-refractivity contribution < 1.29 is 9.90 Å². The maximum Gasteiger partial charge on any atom is 0.225 e. The third kappa shape index (κ3) is 3.90. The normalized spacial score (nSPS) is 26.3. The highest BCUT2D eigenvalue weighted by Gasteiger charge is 2.33. The molecule has 0 spiro atoms.